The quantitative estimate of drug-likeness (QED) is 0.309. The third-order valence-electron chi connectivity index (χ3n) is 6.87. The summed E-state index contributed by atoms with van der Waals surface area (Å²) in [7, 11) is 0. The van der Waals surface area contributed by atoms with Crippen molar-refractivity contribution in [3.63, 3.8) is 0 Å². The van der Waals surface area contributed by atoms with Crippen LogP contribution in [-0.2, 0) is 4.79 Å². The van der Waals surface area contributed by atoms with Gasteiger partial charge in [0, 0.05) is 48.7 Å². The van der Waals surface area contributed by atoms with Crippen LogP contribution in [0.1, 0.15) is 42.7 Å². The molecular formula is C29H26ClNO6. The fourth-order valence-electron chi connectivity index (χ4n) is 4.98. The highest BCUT2D eigenvalue weighted by atomic mass is 35.5. The summed E-state index contributed by atoms with van der Waals surface area (Å²) in [5, 5.41) is 31.7. The molecule has 1 unspecified atom stereocenters. The smallest absolute Gasteiger partial charge is 0.223 e. The molecule has 190 valence electrons. The van der Waals surface area contributed by atoms with Gasteiger partial charge in [-0.1, -0.05) is 48.0 Å². The Labute approximate surface area is 218 Å². The lowest BCUT2D eigenvalue weighted by Crippen LogP contribution is -2.36. The first kappa shape index (κ1) is 24.7. The number of halogens is 1. The fraction of sp³-hybridized carbons (Fsp3) is 0.241. The number of hydrogen-bond acceptors (Lipinski definition) is 6. The molecule has 1 aromatic heterocycles. The van der Waals surface area contributed by atoms with E-state index in [0.717, 1.165) is 25.3 Å². The third kappa shape index (κ3) is 4.87. The maximum absolute atomic E-state index is 13.4. The van der Waals surface area contributed by atoms with Gasteiger partial charge in [-0.2, -0.15) is 0 Å². The Hall–Kier alpha value is -3.97. The predicted octanol–water partition coefficient (Wildman–Crippen LogP) is 5.76. The second-order valence-corrected chi connectivity index (χ2v) is 9.69. The number of amides is 1. The number of hydrogen-bond donors (Lipinski definition) is 3. The Morgan fingerprint density at radius 1 is 0.919 bits per heavy atom. The van der Waals surface area contributed by atoms with Gasteiger partial charge in [0.1, 0.15) is 34.0 Å². The van der Waals surface area contributed by atoms with Crippen LogP contribution >= 0.6 is 11.6 Å². The Morgan fingerprint density at radius 3 is 2.35 bits per heavy atom. The van der Waals surface area contributed by atoms with E-state index in [1.54, 1.807) is 35.2 Å². The van der Waals surface area contributed by atoms with Crippen LogP contribution in [0.5, 0.6) is 17.2 Å². The molecular weight excluding hydrogens is 494 g/mol. The molecule has 7 nitrogen and oxygen atoms in total. The van der Waals surface area contributed by atoms with E-state index in [2.05, 4.69) is 0 Å². The summed E-state index contributed by atoms with van der Waals surface area (Å²) in [6.07, 6.45) is 2.87. The van der Waals surface area contributed by atoms with E-state index in [0.29, 0.717) is 24.2 Å². The Morgan fingerprint density at radius 2 is 1.65 bits per heavy atom. The lowest BCUT2D eigenvalue weighted by molar-refractivity contribution is -0.132. The zero-order valence-corrected chi connectivity index (χ0v) is 20.7. The van der Waals surface area contributed by atoms with Crippen molar-refractivity contribution in [3.05, 3.63) is 87.0 Å². The molecule has 1 fully saturated rings. The van der Waals surface area contributed by atoms with Gasteiger partial charge >= 0.3 is 0 Å². The summed E-state index contributed by atoms with van der Waals surface area (Å²) >= 11 is 6.22. The Balaban J connectivity index is 1.73. The number of aromatic hydroxyl groups is 3. The highest BCUT2D eigenvalue weighted by Crippen LogP contribution is 2.44. The number of rotatable bonds is 5. The second-order valence-electron chi connectivity index (χ2n) is 9.28. The van der Waals surface area contributed by atoms with E-state index in [1.807, 2.05) is 6.07 Å². The number of carbonyl (C=O) groups is 1. The van der Waals surface area contributed by atoms with Gasteiger partial charge in [0.25, 0.3) is 0 Å². The summed E-state index contributed by atoms with van der Waals surface area (Å²) in [6.45, 7) is 1.30. The summed E-state index contributed by atoms with van der Waals surface area (Å²) in [4.78, 5) is 28.3. The number of piperidine rings is 1. The van der Waals surface area contributed by atoms with Gasteiger partial charge < -0.3 is 24.6 Å². The van der Waals surface area contributed by atoms with Gasteiger partial charge in [-0.15, -0.1) is 0 Å². The molecule has 37 heavy (non-hydrogen) atoms. The van der Waals surface area contributed by atoms with Crippen molar-refractivity contribution in [2.75, 3.05) is 13.1 Å². The van der Waals surface area contributed by atoms with Gasteiger partial charge in [-0.05, 0) is 37.0 Å². The van der Waals surface area contributed by atoms with Gasteiger partial charge in [-0.25, -0.2) is 0 Å². The number of carbonyl (C=O) groups excluding carboxylic acids is 1. The number of phenolic OH excluding ortho intramolecular Hbond substituents is 3. The molecule has 0 saturated carbocycles. The average molecular weight is 520 g/mol. The summed E-state index contributed by atoms with van der Waals surface area (Å²) < 4.78 is 6.18. The first-order valence-electron chi connectivity index (χ1n) is 12.2. The highest BCUT2D eigenvalue weighted by molar-refractivity contribution is 6.32. The molecule has 1 aliphatic heterocycles. The molecule has 1 aliphatic rings. The van der Waals surface area contributed by atoms with Crippen molar-refractivity contribution >= 4 is 28.5 Å². The average Bonchev–Trinajstić information content (AvgIpc) is 2.90. The van der Waals surface area contributed by atoms with E-state index in [-0.39, 0.29) is 51.1 Å². The van der Waals surface area contributed by atoms with Crippen LogP contribution in [0.3, 0.4) is 0 Å². The topological polar surface area (TPSA) is 111 Å². The number of benzene rings is 3. The Bertz CT molecular complexity index is 1530. The molecule has 5 rings (SSSR count). The number of phenols is 3. The fourth-order valence-corrected chi connectivity index (χ4v) is 5.17. The molecule has 4 aromatic rings. The number of nitrogens with zero attached hydrogens (tertiary/aromatic N) is 1. The zero-order valence-electron chi connectivity index (χ0n) is 20.0. The number of likely N-dealkylation sites (tertiary alicyclic amines) is 1. The normalized spacial score (nSPS) is 14.6. The van der Waals surface area contributed by atoms with Crippen LogP contribution in [0, 0.1) is 0 Å². The highest BCUT2D eigenvalue weighted by Gasteiger charge is 2.30. The van der Waals surface area contributed by atoms with Crippen LogP contribution in [-0.4, -0.2) is 39.2 Å². The van der Waals surface area contributed by atoms with E-state index in [9.17, 15) is 24.9 Å². The SMILES string of the molecule is O=C(CC(c1ccc(O)c(Cl)c1)c1c(O)cc(O)c2c(=O)cc(-c3ccccc3)oc12)N1CCCCC1. The molecule has 1 saturated heterocycles. The first-order chi connectivity index (χ1) is 17.8. The lowest BCUT2D eigenvalue weighted by Gasteiger charge is -2.29. The molecule has 0 spiro atoms. The van der Waals surface area contributed by atoms with Crippen LogP contribution in [0.15, 0.2) is 69.9 Å². The molecule has 8 heteroatoms. The second kappa shape index (κ2) is 10.2. The standard InChI is InChI=1S/C29H26ClNO6/c30-20-13-18(9-10-21(20)32)19(14-26(36)31-11-5-2-6-12-31)27-22(33)15-23(34)28-24(35)16-25(37-29(27)28)17-7-3-1-4-8-17/h1,3-4,7-10,13,15-16,19,32-34H,2,5-6,11-12,14H2. The van der Waals surface area contributed by atoms with E-state index < -0.39 is 17.1 Å². The van der Waals surface area contributed by atoms with Crippen molar-refractivity contribution < 1.29 is 24.5 Å². The molecule has 0 bridgehead atoms. The van der Waals surface area contributed by atoms with Gasteiger partial charge in [0.2, 0.25) is 5.91 Å². The molecule has 0 aliphatic carbocycles. The summed E-state index contributed by atoms with van der Waals surface area (Å²) in [6, 6.07) is 16.0. The Kier molecular flexibility index (Phi) is 6.80. The molecule has 3 aromatic carbocycles. The van der Waals surface area contributed by atoms with Crippen LogP contribution in [0.4, 0.5) is 0 Å². The minimum Gasteiger partial charge on any atom is -0.507 e. The maximum atomic E-state index is 13.4. The summed E-state index contributed by atoms with van der Waals surface area (Å²) in [5.41, 5.74) is 0.884. The molecule has 1 atom stereocenters. The monoisotopic (exact) mass is 519 g/mol. The van der Waals surface area contributed by atoms with E-state index in [4.69, 9.17) is 16.0 Å². The van der Waals surface area contributed by atoms with E-state index >= 15 is 0 Å². The van der Waals surface area contributed by atoms with Crippen molar-refractivity contribution in [2.24, 2.45) is 0 Å². The van der Waals surface area contributed by atoms with Crippen molar-refractivity contribution in [1.29, 1.82) is 0 Å². The molecule has 1 amide bonds. The largest absolute Gasteiger partial charge is 0.507 e. The van der Waals surface area contributed by atoms with Crippen LogP contribution < -0.4 is 5.43 Å². The predicted molar refractivity (Wildman–Crippen MR) is 141 cm³/mol. The van der Waals surface area contributed by atoms with Gasteiger partial charge in [0.05, 0.1) is 5.02 Å². The molecule has 0 radical (unpaired) electrons. The summed E-state index contributed by atoms with van der Waals surface area (Å²) in [5.74, 6) is -1.49. The minimum atomic E-state index is -0.773. The van der Waals surface area contributed by atoms with Crippen molar-refractivity contribution in [3.8, 4) is 28.6 Å². The van der Waals surface area contributed by atoms with Crippen molar-refractivity contribution in [2.45, 2.75) is 31.6 Å². The van der Waals surface area contributed by atoms with Crippen molar-refractivity contribution in [1.82, 2.24) is 4.90 Å². The lowest BCUT2D eigenvalue weighted by atomic mass is 9.85. The number of fused-ring (bicyclic) bond motifs is 1. The van der Waals surface area contributed by atoms with Gasteiger partial charge in [0.15, 0.2) is 5.43 Å². The third-order valence-corrected chi connectivity index (χ3v) is 7.17. The zero-order chi connectivity index (χ0) is 26.1. The van der Waals surface area contributed by atoms with Crippen LogP contribution in [0.25, 0.3) is 22.3 Å². The minimum absolute atomic E-state index is 0.00973. The first-order valence-corrected chi connectivity index (χ1v) is 12.6. The molecule has 3 N–H and O–H groups in total. The van der Waals surface area contributed by atoms with Gasteiger partial charge in [-0.3, -0.25) is 9.59 Å². The molecule has 2 heterocycles. The van der Waals surface area contributed by atoms with Crippen LogP contribution in [0.2, 0.25) is 5.02 Å². The van der Waals surface area contributed by atoms with E-state index in [1.165, 1.54) is 18.2 Å². The maximum Gasteiger partial charge on any atom is 0.223 e.